The molecule has 0 radical (unpaired) electrons. The van der Waals surface area contributed by atoms with Gasteiger partial charge in [0.25, 0.3) is 0 Å². The summed E-state index contributed by atoms with van der Waals surface area (Å²) in [5, 5.41) is 10.8. The fraction of sp³-hybridized carbons (Fsp3) is 0.304. The van der Waals surface area contributed by atoms with Crippen molar-refractivity contribution in [3.05, 3.63) is 70.3 Å². The van der Waals surface area contributed by atoms with Crippen LogP contribution in [0.2, 0.25) is 0 Å². The molecular weight excluding hydrogens is 398 g/mol. The smallest absolute Gasteiger partial charge is 0.229 e. The quantitative estimate of drug-likeness (QED) is 0.636. The highest BCUT2D eigenvalue weighted by atomic mass is 32.2. The molecule has 1 unspecified atom stereocenters. The number of carbonyl (C=O) groups is 1. The van der Waals surface area contributed by atoms with E-state index in [1.54, 1.807) is 28.4 Å². The Hall–Kier alpha value is -2.36. The van der Waals surface area contributed by atoms with Crippen molar-refractivity contribution in [3.8, 4) is 6.07 Å². The van der Waals surface area contributed by atoms with E-state index in [0.29, 0.717) is 13.1 Å². The van der Waals surface area contributed by atoms with E-state index in [1.807, 2.05) is 12.3 Å². The van der Waals surface area contributed by atoms with Crippen LogP contribution in [-0.4, -0.2) is 29.6 Å². The van der Waals surface area contributed by atoms with Gasteiger partial charge in [0.15, 0.2) is 0 Å². The van der Waals surface area contributed by atoms with Crippen LogP contribution in [0.5, 0.6) is 0 Å². The number of benzene rings is 2. The number of hydrogen-bond donors (Lipinski definition) is 0. The second kappa shape index (κ2) is 8.56. The summed E-state index contributed by atoms with van der Waals surface area (Å²) in [6, 6.07) is 19.0. The van der Waals surface area contributed by atoms with Crippen molar-refractivity contribution < 1.29 is 4.79 Å². The number of para-hydroxylation sites is 1. The minimum Gasteiger partial charge on any atom is -0.343 e. The number of carbonyl (C=O) groups excluding carboxylic acids is 1. The van der Waals surface area contributed by atoms with Gasteiger partial charge in [-0.2, -0.15) is 5.26 Å². The lowest BCUT2D eigenvalue weighted by Gasteiger charge is -2.42. The highest BCUT2D eigenvalue weighted by Gasteiger charge is 2.38. The van der Waals surface area contributed by atoms with E-state index < -0.39 is 0 Å². The first-order valence-electron chi connectivity index (χ1n) is 9.70. The Balaban J connectivity index is 1.65. The van der Waals surface area contributed by atoms with Gasteiger partial charge in [-0.3, -0.25) is 9.69 Å². The molecule has 6 heteroatoms. The van der Waals surface area contributed by atoms with Gasteiger partial charge in [-0.25, -0.2) is 0 Å². The third-order valence-corrected chi connectivity index (χ3v) is 7.42. The van der Waals surface area contributed by atoms with Gasteiger partial charge in [-0.1, -0.05) is 49.0 Å². The van der Waals surface area contributed by atoms with Crippen LogP contribution in [0.15, 0.2) is 64.0 Å². The molecule has 0 saturated carbocycles. The number of nitrogens with zero attached hydrogens (tertiary/aromatic N) is 3. The predicted octanol–water partition coefficient (Wildman–Crippen LogP) is 5.19. The highest BCUT2D eigenvalue weighted by molar-refractivity contribution is 8.03. The fourth-order valence-corrected chi connectivity index (χ4v) is 5.52. The molecule has 29 heavy (non-hydrogen) atoms. The van der Waals surface area contributed by atoms with Gasteiger partial charge in [-0.05, 0) is 42.0 Å². The average Bonchev–Trinajstić information content (AvgIpc) is 2.79. The molecule has 0 N–H and O–H groups in total. The van der Waals surface area contributed by atoms with E-state index in [-0.39, 0.29) is 11.8 Å². The summed E-state index contributed by atoms with van der Waals surface area (Å²) >= 11 is 3.28. The van der Waals surface area contributed by atoms with Crippen molar-refractivity contribution in [1.82, 2.24) is 4.90 Å². The number of hydrogen-bond acceptors (Lipinski definition) is 5. The van der Waals surface area contributed by atoms with E-state index in [9.17, 15) is 10.1 Å². The van der Waals surface area contributed by atoms with Crippen LogP contribution in [0.3, 0.4) is 0 Å². The zero-order valence-electron chi connectivity index (χ0n) is 16.6. The minimum absolute atomic E-state index is 0.0872. The maximum atomic E-state index is 13.1. The molecule has 0 spiro atoms. The molecule has 4 rings (SSSR count). The number of aryl methyl sites for hydroxylation is 1. The average molecular weight is 422 g/mol. The summed E-state index contributed by atoms with van der Waals surface area (Å²) in [5.74, 6) is 0.667. The third kappa shape index (κ3) is 3.77. The number of anilines is 1. The minimum atomic E-state index is -0.156. The van der Waals surface area contributed by atoms with E-state index in [2.05, 4.69) is 60.4 Å². The molecule has 1 fully saturated rings. The van der Waals surface area contributed by atoms with Crippen LogP contribution < -0.4 is 4.90 Å². The van der Waals surface area contributed by atoms with Crippen molar-refractivity contribution in [1.29, 1.82) is 5.26 Å². The molecule has 2 aromatic rings. The maximum Gasteiger partial charge on any atom is 0.229 e. The molecule has 148 valence electrons. The van der Waals surface area contributed by atoms with E-state index >= 15 is 0 Å². The normalized spacial score (nSPS) is 19.2. The van der Waals surface area contributed by atoms with Gasteiger partial charge >= 0.3 is 0 Å². The van der Waals surface area contributed by atoms with Crippen LogP contribution >= 0.6 is 23.5 Å². The van der Waals surface area contributed by atoms with Gasteiger partial charge in [-0.15, -0.1) is 11.8 Å². The summed E-state index contributed by atoms with van der Waals surface area (Å²) in [6.45, 7) is 2.65. The highest BCUT2D eigenvalue weighted by Crippen LogP contribution is 2.43. The van der Waals surface area contributed by atoms with Crippen LogP contribution in [0, 0.1) is 11.3 Å². The van der Waals surface area contributed by atoms with Crippen LogP contribution in [0.1, 0.15) is 30.4 Å². The van der Waals surface area contributed by atoms with Crippen LogP contribution in [0.4, 0.5) is 5.69 Å². The number of thioether (sulfide) groups is 2. The van der Waals surface area contributed by atoms with Crippen molar-refractivity contribution in [2.24, 2.45) is 0 Å². The van der Waals surface area contributed by atoms with E-state index in [1.165, 1.54) is 16.1 Å². The molecule has 2 heterocycles. The monoisotopic (exact) mass is 421 g/mol. The van der Waals surface area contributed by atoms with Crippen LogP contribution in [-0.2, 0) is 11.2 Å². The van der Waals surface area contributed by atoms with Crippen molar-refractivity contribution in [3.63, 3.8) is 0 Å². The molecule has 0 aliphatic carbocycles. The van der Waals surface area contributed by atoms with E-state index in [4.69, 9.17) is 0 Å². The number of nitriles is 1. The number of amides is 1. The summed E-state index contributed by atoms with van der Waals surface area (Å²) in [7, 11) is 0. The summed E-state index contributed by atoms with van der Waals surface area (Å²) in [4.78, 5) is 18.3. The fourth-order valence-electron chi connectivity index (χ4n) is 3.95. The Morgan fingerprint density at radius 1 is 1.21 bits per heavy atom. The Morgan fingerprint density at radius 3 is 2.66 bits per heavy atom. The zero-order valence-corrected chi connectivity index (χ0v) is 18.2. The second-order valence-electron chi connectivity index (χ2n) is 7.12. The first kappa shape index (κ1) is 19.9. The third-order valence-electron chi connectivity index (χ3n) is 5.52. The SMILES string of the molecule is CCc1ccccc1N1CSC2=C(C#N)C(c3ccc(SC)cc3)CC(=O)N2C1. The second-order valence-corrected chi connectivity index (χ2v) is 8.93. The predicted molar refractivity (Wildman–Crippen MR) is 121 cm³/mol. The first-order chi connectivity index (χ1) is 14.2. The Morgan fingerprint density at radius 2 is 1.97 bits per heavy atom. The lowest BCUT2D eigenvalue weighted by Crippen LogP contribution is -2.47. The number of fused-ring (bicyclic) bond motifs is 1. The summed E-state index contributed by atoms with van der Waals surface area (Å²) in [6.07, 6.45) is 3.33. The van der Waals surface area contributed by atoms with Crippen molar-refractivity contribution in [2.45, 2.75) is 30.6 Å². The molecule has 0 bridgehead atoms. The Kier molecular flexibility index (Phi) is 5.89. The lowest BCUT2D eigenvalue weighted by molar-refractivity contribution is -0.129. The molecule has 2 aliphatic heterocycles. The lowest BCUT2D eigenvalue weighted by atomic mass is 9.86. The number of rotatable bonds is 4. The molecule has 1 saturated heterocycles. The maximum absolute atomic E-state index is 13.1. The topological polar surface area (TPSA) is 47.3 Å². The van der Waals surface area contributed by atoms with Crippen molar-refractivity contribution >= 4 is 35.1 Å². The van der Waals surface area contributed by atoms with Gasteiger partial charge in [0.2, 0.25) is 5.91 Å². The first-order valence-corrected chi connectivity index (χ1v) is 11.9. The molecule has 2 aliphatic rings. The summed E-state index contributed by atoms with van der Waals surface area (Å²) < 4.78 is 0. The van der Waals surface area contributed by atoms with Crippen LogP contribution in [0.25, 0.3) is 0 Å². The largest absolute Gasteiger partial charge is 0.343 e. The zero-order chi connectivity index (χ0) is 20.4. The number of allylic oxidation sites excluding steroid dienone is 1. The van der Waals surface area contributed by atoms with Gasteiger partial charge in [0, 0.05) is 22.9 Å². The molecule has 1 atom stereocenters. The van der Waals surface area contributed by atoms with Gasteiger partial charge in [0.05, 0.1) is 29.2 Å². The Labute approximate surface area is 180 Å². The molecule has 2 aromatic carbocycles. The standard InChI is InChI=1S/C23H23N3OS2/c1-3-16-6-4-5-7-21(16)25-14-26-22(27)12-19(20(13-24)23(26)29-15-25)17-8-10-18(28-2)11-9-17/h4-11,19H,3,12,14-15H2,1-2H3. The van der Waals surface area contributed by atoms with Crippen molar-refractivity contribution in [2.75, 3.05) is 23.7 Å². The molecule has 0 aromatic heterocycles. The van der Waals surface area contributed by atoms with Gasteiger partial charge < -0.3 is 4.90 Å². The summed E-state index contributed by atoms with van der Waals surface area (Å²) in [5.41, 5.74) is 4.20. The Bertz CT molecular complexity index is 994. The molecule has 1 amide bonds. The molecule has 4 nitrogen and oxygen atoms in total. The van der Waals surface area contributed by atoms with Gasteiger partial charge in [0.1, 0.15) is 0 Å². The van der Waals surface area contributed by atoms with E-state index in [0.717, 1.165) is 28.5 Å². The molecular formula is C23H23N3OS2.